The number of hydrogen-bond acceptors (Lipinski definition) is 5. The van der Waals surface area contributed by atoms with Crippen molar-refractivity contribution in [2.24, 2.45) is 4.99 Å². The summed E-state index contributed by atoms with van der Waals surface area (Å²) in [4.78, 5) is 21.3. The van der Waals surface area contributed by atoms with Crippen LogP contribution < -0.4 is 20.1 Å². The number of hydrogen-bond donors (Lipinski definition) is 2. The van der Waals surface area contributed by atoms with E-state index in [1.165, 1.54) is 0 Å². The number of rotatable bonds is 10. The fourth-order valence-corrected chi connectivity index (χ4v) is 3.38. The van der Waals surface area contributed by atoms with E-state index in [-0.39, 0.29) is 29.9 Å². The van der Waals surface area contributed by atoms with Gasteiger partial charge in [0.2, 0.25) is 5.91 Å². The molecule has 2 aliphatic rings. The second-order valence-corrected chi connectivity index (χ2v) is 7.72. The monoisotopic (exact) mass is 545 g/mol. The summed E-state index contributed by atoms with van der Waals surface area (Å²) >= 11 is 0. The van der Waals surface area contributed by atoms with Gasteiger partial charge in [-0.15, -0.1) is 24.0 Å². The molecule has 1 aromatic rings. The molecule has 3 rings (SSSR count). The molecule has 9 heteroatoms. The first-order valence-electron chi connectivity index (χ1n) is 11.0. The van der Waals surface area contributed by atoms with Gasteiger partial charge >= 0.3 is 0 Å². The molecule has 2 N–H and O–H groups in total. The predicted molar refractivity (Wildman–Crippen MR) is 134 cm³/mol. The van der Waals surface area contributed by atoms with E-state index in [1.807, 2.05) is 24.3 Å². The lowest BCUT2D eigenvalue weighted by Crippen LogP contribution is -2.54. The van der Waals surface area contributed by atoms with Crippen LogP contribution in [0.1, 0.15) is 26.2 Å². The molecule has 31 heavy (non-hydrogen) atoms. The number of benzene rings is 1. The number of guanidine groups is 1. The zero-order valence-corrected chi connectivity index (χ0v) is 21.0. The van der Waals surface area contributed by atoms with Gasteiger partial charge in [0.05, 0.1) is 20.3 Å². The number of nitrogens with zero attached hydrogens (tertiary/aromatic N) is 3. The van der Waals surface area contributed by atoms with Crippen molar-refractivity contribution in [3.05, 3.63) is 24.3 Å². The predicted octanol–water partition coefficient (Wildman–Crippen LogP) is 1.94. The topological polar surface area (TPSA) is 78.4 Å². The van der Waals surface area contributed by atoms with Crippen LogP contribution in [-0.2, 0) is 4.79 Å². The number of piperazine rings is 1. The Kier molecular flexibility index (Phi) is 11.2. The second-order valence-electron chi connectivity index (χ2n) is 7.72. The lowest BCUT2D eigenvalue weighted by Gasteiger charge is -2.36. The first-order chi connectivity index (χ1) is 14.7. The van der Waals surface area contributed by atoms with Crippen molar-refractivity contribution < 1.29 is 14.3 Å². The van der Waals surface area contributed by atoms with Crippen LogP contribution in [-0.4, -0.2) is 87.2 Å². The molecule has 1 aromatic carbocycles. The van der Waals surface area contributed by atoms with Crippen molar-refractivity contribution in [1.29, 1.82) is 0 Å². The van der Waals surface area contributed by atoms with Gasteiger partial charge in [0.15, 0.2) is 5.96 Å². The Morgan fingerprint density at radius 3 is 2.61 bits per heavy atom. The Bertz CT molecular complexity index is 706. The number of carbonyl (C=O) groups excluding carboxylic acids is 1. The molecule has 0 radical (unpaired) electrons. The Labute approximate surface area is 202 Å². The minimum Gasteiger partial charge on any atom is -0.497 e. The fraction of sp³-hybridized carbons (Fsp3) is 0.636. The number of amides is 1. The number of carbonyl (C=O) groups is 1. The van der Waals surface area contributed by atoms with E-state index in [4.69, 9.17) is 14.5 Å². The third kappa shape index (κ3) is 9.10. The molecule has 1 heterocycles. The van der Waals surface area contributed by atoms with Crippen molar-refractivity contribution in [2.45, 2.75) is 32.2 Å². The van der Waals surface area contributed by atoms with Gasteiger partial charge in [-0.05, 0) is 31.9 Å². The Morgan fingerprint density at radius 2 is 1.94 bits per heavy atom. The largest absolute Gasteiger partial charge is 0.497 e. The normalized spacial score (nSPS) is 17.0. The SMILES string of the molecule is CCNC(=NCCCOc1cccc(OC)c1)N1CCN(CC(=O)NC2CC2)CC1.I. The number of nitrogens with one attached hydrogen (secondary N) is 2. The molecule has 0 spiro atoms. The Balaban J connectivity index is 0.00000341. The van der Waals surface area contributed by atoms with Crippen molar-refractivity contribution in [2.75, 3.05) is 59.5 Å². The van der Waals surface area contributed by atoms with Gasteiger partial charge < -0.3 is 25.0 Å². The molecule has 1 aliphatic carbocycles. The summed E-state index contributed by atoms with van der Waals surface area (Å²) in [5, 5.41) is 6.45. The van der Waals surface area contributed by atoms with E-state index in [1.54, 1.807) is 7.11 Å². The maximum Gasteiger partial charge on any atom is 0.234 e. The highest BCUT2D eigenvalue weighted by Gasteiger charge is 2.25. The quantitative estimate of drug-likeness (QED) is 0.203. The van der Waals surface area contributed by atoms with E-state index in [0.29, 0.717) is 25.7 Å². The summed E-state index contributed by atoms with van der Waals surface area (Å²) in [6, 6.07) is 8.07. The first kappa shape index (κ1) is 25.5. The maximum absolute atomic E-state index is 12.0. The number of aliphatic imine (C=N–C) groups is 1. The van der Waals surface area contributed by atoms with Crippen molar-refractivity contribution in [3.8, 4) is 11.5 Å². The lowest BCUT2D eigenvalue weighted by atomic mass is 10.3. The molecule has 1 saturated heterocycles. The number of ether oxygens (including phenoxy) is 2. The molecule has 8 nitrogen and oxygen atoms in total. The Morgan fingerprint density at radius 1 is 1.19 bits per heavy atom. The maximum atomic E-state index is 12.0. The van der Waals surface area contributed by atoms with Gasteiger partial charge in [-0.1, -0.05) is 6.07 Å². The third-order valence-corrected chi connectivity index (χ3v) is 5.19. The van der Waals surface area contributed by atoms with Gasteiger partial charge in [-0.25, -0.2) is 0 Å². The molecular weight excluding hydrogens is 509 g/mol. The van der Waals surface area contributed by atoms with Crippen molar-refractivity contribution in [3.63, 3.8) is 0 Å². The highest BCUT2D eigenvalue weighted by molar-refractivity contribution is 14.0. The van der Waals surface area contributed by atoms with Gasteiger partial charge in [0.1, 0.15) is 11.5 Å². The molecular formula is C22H36IN5O3. The van der Waals surface area contributed by atoms with Crippen LogP contribution in [0.2, 0.25) is 0 Å². The van der Waals surface area contributed by atoms with Crippen LogP contribution in [0.3, 0.4) is 0 Å². The highest BCUT2D eigenvalue weighted by atomic mass is 127. The molecule has 1 aliphatic heterocycles. The molecule has 0 atom stereocenters. The summed E-state index contributed by atoms with van der Waals surface area (Å²) in [5.74, 6) is 2.71. The van der Waals surface area contributed by atoms with E-state index in [9.17, 15) is 4.79 Å². The van der Waals surface area contributed by atoms with Crippen LogP contribution in [0.15, 0.2) is 29.3 Å². The summed E-state index contributed by atoms with van der Waals surface area (Å²) in [5.41, 5.74) is 0. The zero-order chi connectivity index (χ0) is 21.2. The summed E-state index contributed by atoms with van der Waals surface area (Å²) in [7, 11) is 1.65. The minimum atomic E-state index is 0. The molecule has 2 fully saturated rings. The van der Waals surface area contributed by atoms with E-state index in [0.717, 1.165) is 69.4 Å². The average molecular weight is 545 g/mol. The highest BCUT2D eigenvalue weighted by Crippen LogP contribution is 2.19. The van der Waals surface area contributed by atoms with Gasteiger partial charge in [0, 0.05) is 57.8 Å². The summed E-state index contributed by atoms with van der Waals surface area (Å²) < 4.78 is 11.0. The second kappa shape index (κ2) is 13.6. The molecule has 174 valence electrons. The van der Waals surface area contributed by atoms with Crippen LogP contribution >= 0.6 is 24.0 Å². The summed E-state index contributed by atoms with van der Waals surface area (Å²) in [6.45, 7) is 8.24. The molecule has 1 saturated carbocycles. The third-order valence-electron chi connectivity index (χ3n) is 5.19. The van der Waals surface area contributed by atoms with E-state index in [2.05, 4.69) is 27.4 Å². The van der Waals surface area contributed by atoms with Gasteiger partial charge in [0.25, 0.3) is 0 Å². The van der Waals surface area contributed by atoms with Crippen LogP contribution in [0.4, 0.5) is 0 Å². The molecule has 0 aromatic heterocycles. The van der Waals surface area contributed by atoms with Crippen LogP contribution in [0.25, 0.3) is 0 Å². The van der Waals surface area contributed by atoms with E-state index < -0.39 is 0 Å². The molecule has 0 unspecified atom stereocenters. The average Bonchev–Trinajstić information content (AvgIpc) is 3.57. The van der Waals surface area contributed by atoms with Crippen LogP contribution in [0.5, 0.6) is 11.5 Å². The number of halogens is 1. The van der Waals surface area contributed by atoms with Crippen LogP contribution in [0, 0.1) is 0 Å². The smallest absolute Gasteiger partial charge is 0.234 e. The van der Waals surface area contributed by atoms with E-state index >= 15 is 0 Å². The first-order valence-corrected chi connectivity index (χ1v) is 11.0. The standard InChI is InChI=1S/C22H35N5O3.HI/c1-3-23-22(24-10-5-15-30-20-7-4-6-19(16-20)29-2)27-13-11-26(12-14-27)17-21(28)25-18-8-9-18;/h4,6-7,16,18H,3,5,8-15,17H2,1-2H3,(H,23,24)(H,25,28);1H. The molecule has 0 bridgehead atoms. The lowest BCUT2D eigenvalue weighted by molar-refractivity contribution is -0.122. The fourth-order valence-electron chi connectivity index (χ4n) is 3.38. The van der Waals surface area contributed by atoms with Gasteiger partial charge in [-0.2, -0.15) is 0 Å². The Hall–Kier alpha value is -1.75. The minimum absolute atomic E-state index is 0. The van der Waals surface area contributed by atoms with Crippen molar-refractivity contribution >= 4 is 35.8 Å². The van der Waals surface area contributed by atoms with Gasteiger partial charge in [-0.3, -0.25) is 14.7 Å². The summed E-state index contributed by atoms with van der Waals surface area (Å²) in [6.07, 6.45) is 3.10. The number of methoxy groups -OCH3 is 1. The molecule has 1 amide bonds. The zero-order valence-electron chi connectivity index (χ0n) is 18.6. The van der Waals surface area contributed by atoms with Crippen molar-refractivity contribution in [1.82, 2.24) is 20.4 Å².